The number of ether oxygens (including phenoxy) is 12. The predicted molar refractivity (Wildman–Crippen MR) is 318 cm³/mol. The lowest BCUT2D eigenvalue weighted by atomic mass is 9.73. The molecule has 4 aliphatic heterocycles. The van der Waals surface area contributed by atoms with Crippen LogP contribution in [0.2, 0.25) is 15.1 Å². The molecule has 11 atom stereocenters. The molecule has 0 spiro atoms. The second kappa shape index (κ2) is 32.2. The van der Waals surface area contributed by atoms with Crippen LogP contribution < -0.4 is 4.74 Å². The molecule has 0 radical (unpaired) electrons. The summed E-state index contributed by atoms with van der Waals surface area (Å²) < 4.78 is 76.4. The molecule has 16 nitrogen and oxygen atoms in total. The van der Waals surface area contributed by atoms with Gasteiger partial charge in [0.05, 0.1) is 92.2 Å². The molecule has 84 heavy (non-hydrogen) atoms. The van der Waals surface area contributed by atoms with Gasteiger partial charge in [-0.05, 0) is 73.6 Å². The number of rotatable bonds is 21. The van der Waals surface area contributed by atoms with E-state index in [1.807, 2.05) is 80.6 Å². The summed E-state index contributed by atoms with van der Waals surface area (Å²) in [6.07, 6.45) is 4.48. The minimum Gasteiger partial charge on any atom is -0.497 e. The number of esters is 4. The van der Waals surface area contributed by atoms with Crippen LogP contribution in [0.1, 0.15) is 145 Å². The smallest absolute Gasteiger partial charge is 0.341 e. The Balaban J connectivity index is 1.28. The van der Waals surface area contributed by atoms with E-state index in [0.717, 1.165) is 42.4 Å². The summed E-state index contributed by atoms with van der Waals surface area (Å²) in [4.78, 5) is 56.3. The standard InChI is InChI=1S/C65H83Cl3O16/c1-9-10-11-12-16-19-58(69)83-62-45(29-59(70)74-7)28-54-36-57(42(3)78-40-76-38-43-17-14-13-15-18-43)82-60(71)37-49(77-39-44-20-22-47(73-6)23-21-44)32-51-34-53(81-63(72)61-55(67)30-46(66)31-56(61)68)35-52(80-51)33-50-27-41(2)26-48(79-50)24-25-64(4,5)65(62,75-8)84-54/h13-15,17-18,20-25,29-31,42,48-54,57,62H,2,9-12,16,19,26-28,32-40H2,1,3-8H3/t42-,48+,49-,50+,51-,52+,53+,54+,57-,62+,65-/m1/s1. The first-order valence-corrected chi connectivity index (χ1v) is 30.3. The van der Waals surface area contributed by atoms with E-state index in [0.29, 0.717) is 43.4 Å². The zero-order chi connectivity index (χ0) is 60.4. The fraction of sp³-hybridized carbons (Fsp3) is 0.569. The fourth-order valence-corrected chi connectivity index (χ4v) is 12.4. The average Bonchev–Trinajstić information content (AvgIpc) is 1.13. The molecule has 3 aromatic rings. The van der Waals surface area contributed by atoms with Gasteiger partial charge in [0, 0.05) is 62.1 Å². The maximum Gasteiger partial charge on any atom is 0.341 e. The van der Waals surface area contributed by atoms with E-state index in [4.69, 9.17) is 91.6 Å². The predicted octanol–water partition coefficient (Wildman–Crippen LogP) is 13.6. The average molecular weight is 1230 g/mol. The molecule has 6 bridgehead atoms. The zero-order valence-electron chi connectivity index (χ0n) is 49.5. The molecule has 0 aromatic heterocycles. The van der Waals surface area contributed by atoms with Crippen LogP contribution in [0.4, 0.5) is 0 Å². The lowest BCUT2D eigenvalue weighted by molar-refractivity contribution is -0.338. The monoisotopic (exact) mass is 1220 g/mol. The van der Waals surface area contributed by atoms with E-state index in [2.05, 4.69) is 13.5 Å². The van der Waals surface area contributed by atoms with E-state index in [1.165, 1.54) is 32.4 Å². The van der Waals surface area contributed by atoms with Crippen molar-refractivity contribution in [1.29, 1.82) is 0 Å². The van der Waals surface area contributed by atoms with Crippen LogP contribution in [-0.4, -0.2) is 119 Å². The van der Waals surface area contributed by atoms with Gasteiger partial charge in [-0.15, -0.1) is 0 Å². The highest BCUT2D eigenvalue weighted by Gasteiger charge is 2.59. The zero-order valence-corrected chi connectivity index (χ0v) is 51.7. The molecule has 4 heterocycles. The maximum atomic E-state index is 14.9. The van der Waals surface area contributed by atoms with Gasteiger partial charge in [0.15, 0.2) is 6.10 Å². The first-order valence-electron chi connectivity index (χ1n) is 29.2. The Kier molecular flexibility index (Phi) is 25.6. The number of carbonyl (C=O) groups is 4. The van der Waals surface area contributed by atoms with Gasteiger partial charge >= 0.3 is 23.9 Å². The second-order valence-electron chi connectivity index (χ2n) is 22.8. The molecule has 0 N–H and O–H groups in total. The third-order valence-corrected chi connectivity index (χ3v) is 16.7. The van der Waals surface area contributed by atoms with Crippen molar-refractivity contribution >= 4 is 58.7 Å². The minimum absolute atomic E-state index is 0.0123. The molecule has 0 aliphatic carbocycles. The van der Waals surface area contributed by atoms with Gasteiger partial charge in [-0.2, -0.15) is 0 Å². The Morgan fingerprint density at radius 1 is 0.774 bits per heavy atom. The summed E-state index contributed by atoms with van der Waals surface area (Å²) in [6.45, 7) is 12.4. The van der Waals surface area contributed by atoms with Gasteiger partial charge < -0.3 is 56.8 Å². The van der Waals surface area contributed by atoms with Gasteiger partial charge in [0.1, 0.15) is 24.8 Å². The third-order valence-electron chi connectivity index (χ3n) is 15.9. The lowest BCUT2D eigenvalue weighted by Gasteiger charge is -2.53. The minimum atomic E-state index is -1.80. The van der Waals surface area contributed by atoms with Crippen molar-refractivity contribution in [2.45, 2.75) is 204 Å². The Hall–Kier alpha value is -4.85. The van der Waals surface area contributed by atoms with Crippen LogP contribution in [-0.2, 0) is 79.7 Å². The number of methoxy groups -OCH3 is 3. The van der Waals surface area contributed by atoms with Crippen molar-refractivity contribution in [2.24, 2.45) is 5.41 Å². The first-order chi connectivity index (χ1) is 40.3. The summed E-state index contributed by atoms with van der Waals surface area (Å²) in [5.41, 5.74) is 1.93. The molecule has 3 fully saturated rings. The molecular weight excluding hydrogens is 1140 g/mol. The summed E-state index contributed by atoms with van der Waals surface area (Å²) in [5.74, 6) is -3.63. The van der Waals surface area contributed by atoms with Crippen LogP contribution in [0.3, 0.4) is 0 Å². The Labute approximate surface area is 510 Å². The first kappa shape index (κ1) is 66.7. The van der Waals surface area contributed by atoms with Crippen molar-refractivity contribution in [1.82, 2.24) is 0 Å². The van der Waals surface area contributed by atoms with Gasteiger partial charge in [-0.1, -0.05) is 148 Å². The number of hydrogen-bond donors (Lipinski definition) is 0. The number of cyclic esters (lactones) is 1. The van der Waals surface area contributed by atoms with E-state index in [9.17, 15) is 19.2 Å². The van der Waals surface area contributed by atoms with Gasteiger partial charge in [0.25, 0.3) is 0 Å². The number of fused-ring (bicyclic) bond motifs is 6. The van der Waals surface area contributed by atoms with E-state index < -0.39 is 90.0 Å². The van der Waals surface area contributed by atoms with Gasteiger partial charge in [0.2, 0.25) is 5.79 Å². The molecule has 3 saturated heterocycles. The van der Waals surface area contributed by atoms with Crippen LogP contribution in [0.25, 0.3) is 0 Å². The highest BCUT2D eigenvalue weighted by Crippen LogP contribution is 2.49. The van der Waals surface area contributed by atoms with Crippen LogP contribution in [0.15, 0.2) is 103 Å². The van der Waals surface area contributed by atoms with Gasteiger partial charge in [-0.25, -0.2) is 9.59 Å². The van der Waals surface area contributed by atoms with Crippen molar-refractivity contribution in [3.8, 4) is 5.75 Å². The van der Waals surface area contributed by atoms with Crippen molar-refractivity contribution in [3.05, 3.63) is 134 Å². The van der Waals surface area contributed by atoms with Crippen LogP contribution >= 0.6 is 34.8 Å². The lowest BCUT2D eigenvalue weighted by Crippen LogP contribution is -2.63. The van der Waals surface area contributed by atoms with E-state index >= 15 is 0 Å². The molecule has 7 rings (SSSR count). The highest BCUT2D eigenvalue weighted by atomic mass is 35.5. The van der Waals surface area contributed by atoms with E-state index in [-0.39, 0.29) is 85.3 Å². The quantitative estimate of drug-likeness (QED) is 0.0245. The number of benzene rings is 3. The molecule has 460 valence electrons. The van der Waals surface area contributed by atoms with Crippen molar-refractivity contribution in [2.75, 3.05) is 28.1 Å². The highest BCUT2D eigenvalue weighted by molar-refractivity contribution is 6.41. The molecule has 0 amide bonds. The maximum absolute atomic E-state index is 14.9. The van der Waals surface area contributed by atoms with Crippen LogP contribution in [0.5, 0.6) is 5.75 Å². The number of unbranched alkanes of at least 4 members (excludes halogenated alkanes) is 4. The largest absolute Gasteiger partial charge is 0.497 e. The second-order valence-corrected chi connectivity index (χ2v) is 24.0. The summed E-state index contributed by atoms with van der Waals surface area (Å²) in [6, 6.07) is 19.9. The Morgan fingerprint density at radius 3 is 2.15 bits per heavy atom. The normalized spacial score (nSPS) is 27.5. The molecule has 19 heteroatoms. The van der Waals surface area contributed by atoms with Crippen LogP contribution in [0, 0.1) is 5.41 Å². The third kappa shape index (κ3) is 19.1. The van der Waals surface area contributed by atoms with Gasteiger partial charge in [-0.3, -0.25) is 9.59 Å². The summed E-state index contributed by atoms with van der Waals surface area (Å²) >= 11 is 19.3. The SMILES string of the molecule is C=C1C[C@H]2C[C@H]3C[C@@H](OC(=O)c4c(Cl)cc(Cl)cc4Cl)C[C@@H](C[C@@H](OCc4ccc(OC)cc4)CC(=O)O[C@@H]([C@@H](C)OCOCc4ccccc4)C[C@@H]4CC(=CC(=O)OC)[C@H](OC(=O)CCCCCCC)[C@@](OC)(O4)C(C)(C)C=C[C@@H](C1)O2)O3. The molecule has 3 aromatic carbocycles. The van der Waals surface area contributed by atoms with E-state index in [1.54, 1.807) is 14.0 Å². The number of carbonyl (C=O) groups excluding carboxylic acids is 4. The van der Waals surface area contributed by atoms with Crippen molar-refractivity contribution in [3.63, 3.8) is 0 Å². The number of halogens is 3. The molecule has 4 aliphatic rings. The summed E-state index contributed by atoms with van der Waals surface area (Å²) in [5, 5.41) is 0.360. The molecule has 0 unspecified atom stereocenters. The molecular formula is C65H83Cl3O16. The summed E-state index contributed by atoms with van der Waals surface area (Å²) in [7, 11) is 4.34. The topological polar surface area (TPSA) is 179 Å². The molecule has 0 saturated carbocycles. The Bertz CT molecular complexity index is 2690. The fourth-order valence-electron chi connectivity index (χ4n) is 11.5. The van der Waals surface area contributed by atoms with Crippen molar-refractivity contribution < 1.29 is 76.0 Å². The Morgan fingerprint density at radius 2 is 1.46 bits per heavy atom. The number of hydrogen-bond acceptors (Lipinski definition) is 16.